The van der Waals surface area contributed by atoms with Crippen LogP contribution in [0, 0.1) is 0 Å². The molecule has 3 aliphatic rings. The number of imidazole rings is 2. The number of fused-ring (bicyclic) bond motifs is 5. The number of methoxy groups -OCH3 is 1. The maximum Gasteiger partial charge on any atom is 0.319 e. The number of nitrogens with zero attached hydrogens (tertiary/aromatic N) is 7. The van der Waals surface area contributed by atoms with Gasteiger partial charge in [-0.2, -0.15) is 4.98 Å². The second-order valence-corrected chi connectivity index (χ2v) is 12.0. The molecule has 236 valence electrons. The van der Waals surface area contributed by atoms with Gasteiger partial charge in [0.1, 0.15) is 42.4 Å². The molecule has 3 aliphatic heterocycles. The molecule has 5 N–H and O–H groups in total. The second kappa shape index (κ2) is 11.5. The molecule has 0 saturated carbocycles. The van der Waals surface area contributed by atoms with E-state index in [9.17, 15) is 13.9 Å². The summed E-state index contributed by atoms with van der Waals surface area (Å²) in [5, 5.41) is 0. The molecule has 4 aromatic rings. The Balaban J connectivity index is 1.17. The van der Waals surface area contributed by atoms with Gasteiger partial charge < -0.3 is 39.2 Å². The standard InChI is InChI=1S/C21H25FN10O10P2/c1-36-13-8-3-38-43(34)41-12-7(39-19(9(12)22)31-5-27-10-15(23)25-4-26-16(10)31)2-37-44(35)42-14(13)20(40-8)32-6-28-11-17(32)29-21(24)30-18(11)33/h4-9,12-14,19-20,43-44H,2-3H2,1H3,(H2,23,25,26)(H3,24,29,30,33). The second-order valence-electron chi connectivity index (χ2n) is 9.92. The van der Waals surface area contributed by atoms with E-state index >= 15 is 4.39 Å². The van der Waals surface area contributed by atoms with Crippen molar-refractivity contribution in [3.8, 4) is 0 Å². The summed E-state index contributed by atoms with van der Waals surface area (Å²) >= 11 is 0. The summed E-state index contributed by atoms with van der Waals surface area (Å²) in [7, 11) is -5.38. The SMILES string of the molecule is COC1C2CO[PH](=O)OC3C(CO[PH](=O)OC1C(n1cnc4c(=O)[nH]c(N)nc41)O2)OC(n1cnc2c(N)ncnc21)C3F. The van der Waals surface area contributed by atoms with Gasteiger partial charge in [0.15, 0.2) is 41.3 Å². The van der Waals surface area contributed by atoms with Crippen LogP contribution in [0.2, 0.25) is 0 Å². The molecule has 10 unspecified atom stereocenters. The molecule has 3 saturated heterocycles. The summed E-state index contributed by atoms with van der Waals surface area (Å²) in [6, 6.07) is 0. The van der Waals surface area contributed by atoms with Crippen LogP contribution in [0.1, 0.15) is 12.5 Å². The van der Waals surface area contributed by atoms with Crippen molar-refractivity contribution in [2.75, 3.05) is 31.8 Å². The molecule has 2 bridgehead atoms. The van der Waals surface area contributed by atoms with Crippen LogP contribution in [-0.4, -0.2) is 96.1 Å². The summed E-state index contributed by atoms with van der Waals surface area (Å²) in [6.45, 7) is -0.850. The molecule has 0 aromatic carbocycles. The van der Waals surface area contributed by atoms with Crippen LogP contribution in [0.3, 0.4) is 0 Å². The molecule has 0 spiro atoms. The van der Waals surface area contributed by atoms with Gasteiger partial charge in [0.25, 0.3) is 5.56 Å². The summed E-state index contributed by atoms with van der Waals surface area (Å²) in [5.74, 6) is -0.0920. The van der Waals surface area contributed by atoms with Crippen molar-refractivity contribution in [3.05, 3.63) is 29.3 Å². The number of H-pyrrole nitrogens is 1. The fourth-order valence-corrected chi connectivity index (χ4v) is 7.16. The third-order valence-corrected chi connectivity index (χ3v) is 9.14. The maximum absolute atomic E-state index is 15.9. The molecule has 7 rings (SSSR count). The highest BCUT2D eigenvalue weighted by Gasteiger charge is 2.51. The Hall–Kier alpha value is -3.39. The smallest absolute Gasteiger partial charge is 0.319 e. The molecule has 0 amide bonds. The topological polar surface area (TPSA) is 258 Å². The number of ether oxygens (including phenoxy) is 3. The van der Waals surface area contributed by atoms with Crippen LogP contribution in [0.15, 0.2) is 23.8 Å². The number of nitrogen functional groups attached to an aromatic ring is 2. The van der Waals surface area contributed by atoms with Crippen LogP contribution >= 0.6 is 16.5 Å². The van der Waals surface area contributed by atoms with Gasteiger partial charge in [0.05, 0.1) is 25.9 Å². The van der Waals surface area contributed by atoms with E-state index < -0.39 is 77.8 Å². The fourth-order valence-electron chi connectivity index (χ4n) is 5.45. The number of aromatic nitrogens is 8. The van der Waals surface area contributed by atoms with Gasteiger partial charge in [-0.15, -0.1) is 0 Å². The van der Waals surface area contributed by atoms with E-state index in [0.29, 0.717) is 0 Å². The number of anilines is 2. The highest BCUT2D eigenvalue weighted by atomic mass is 31.1. The van der Waals surface area contributed by atoms with Gasteiger partial charge in [-0.25, -0.2) is 24.3 Å². The maximum atomic E-state index is 15.9. The van der Waals surface area contributed by atoms with Crippen molar-refractivity contribution in [1.29, 1.82) is 0 Å². The number of hydrogen-bond acceptors (Lipinski definition) is 17. The van der Waals surface area contributed by atoms with Crippen LogP contribution in [0.5, 0.6) is 0 Å². The normalized spacial score (nSPS) is 34.9. The first-order valence-electron chi connectivity index (χ1n) is 13.0. The molecular weight excluding hydrogens is 633 g/mol. The zero-order valence-electron chi connectivity index (χ0n) is 22.5. The predicted molar refractivity (Wildman–Crippen MR) is 145 cm³/mol. The first kappa shape index (κ1) is 29.3. The van der Waals surface area contributed by atoms with E-state index in [-0.39, 0.29) is 40.7 Å². The van der Waals surface area contributed by atoms with Crippen molar-refractivity contribution < 1.29 is 45.8 Å². The first-order chi connectivity index (χ1) is 21.2. The minimum absolute atomic E-state index is 0.0356. The van der Waals surface area contributed by atoms with Crippen molar-refractivity contribution in [2.24, 2.45) is 0 Å². The number of nitrogens with two attached hydrogens (primary N) is 2. The number of aromatic amines is 1. The number of halogens is 1. The minimum Gasteiger partial charge on any atom is -0.382 e. The summed E-state index contributed by atoms with van der Waals surface area (Å²) < 4.78 is 84.5. The Morgan fingerprint density at radius 3 is 2.34 bits per heavy atom. The number of hydrogen-bond donors (Lipinski definition) is 3. The quantitative estimate of drug-likeness (QED) is 0.242. The Morgan fingerprint density at radius 1 is 0.932 bits per heavy atom. The summed E-state index contributed by atoms with van der Waals surface area (Å²) in [5.41, 5.74) is 11.4. The van der Waals surface area contributed by atoms with Gasteiger partial charge in [-0.1, -0.05) is 0 Å². The Kier molecular flexibility index (Phi) is 7.68. The monoisotopic (exact) mass is 658 g/mol. The van der Waals surface area contributed by atoms with Crippen molar-refractivity contribution in [2.45, 2.75) is 49.1 Å². The highest BCUT2D eigenvalue weighted by molar-refractivity contribution is 7.33. The van der Waals surface area contributed by atoms with Crippen molar-refractivity contribution in [1.82, 2.24) is 39.0 Å². The van der Waals surface area contributed by atoms with Crippen LogP contribution < -0.4 is 17.0 Å². The van der Waals surface area contributed by atoms with E-state index in [0.717, 1.165) is 0 Å². The zero-order valence-corrected chi connectivity index (χ0v) is 24.5. The van der Waals surface area contributed by atoms with Gasteiger partial charge in [-0.05, 0) is 0 Å². The van der Waals surface area contributed by atoms with E-state index in [1.54, 1.807) is 0 Å². The van der Waals surface area contributed by atoms with Gasteiger partial charge >= 0.3 is 16.5 Å². The molecule has 23 heteroatoms. The predicted octanol–water partition coefficient (Wildman–Crippen LogP) is -0.132. The summed E-state index contributed by atoms with van der Waals surface area (Å²) in [4.78, 5) is 35.0. The largest absolute Gasteiger partial charge is 0.382 e. The Morgan fingerprint density at radius 2 is 1.59 bits per heavy atom. The molecular formula is C21H25FN10O10P2. The van der Waals surface area contributed by atoms with Gasteiger partial charge in [0, 0.05) is 7.11 Å². The molecule has 0 radical (unpaired) electrons. The van der Waals surface area contributed by atoms with E-state index in [4.69, 9.17) is 43.8 Å². The lowest BCUT2D eigenvalue weighted by molar-refractivity contribution is -0.0567. The van der Waals surface area contributed by atoms with Crippen LogP contribution in [-0.2, 0) is 41.4 Å². The lowest BCUT2D eigenvalue weighted by atomic mass is 10.1. The lowest BCUT2D eigenvalue weighted by Crippen LogP contribution is -2.36. The third kappa shape index (κ3) is 4.99. The Labute approximate surface area is 246 Å². The lowest BCUT2D eigenvalue weighted by Gasteiger charge is -2.23. The van der Waals surface area contributed by atoms with Crippen molar-refractivity contribution >= 4 is 50.6 Å². The first-order valence-corrected chi connectivity index (χ1v) is 15.5. The Bertz CT molecular complexity index is 1820. The minimum atomic E-state index is -3.38. The molecule has 10 atom stereocenters. The zero-order chi connectivity index (χ0) is 30.7. The highest BCUT2D eigenvalue weighted by Crippen LogP contribution is 2.45. The third-order valence-electron chi connectivity index (χ3n) is 7.41. The van der Waals surface area contributed by atoms with E-state index in [1.165, 1.54) is 35.2 Å². The fraction of sp³-hybridized carbons (Fsp3) is 0.524. The average molecular weight is 658 g/mol. The average Bonchev–Trinajstić information content (AvgIpc) is 3.75. The molecule has 20 nitrogen and oxygen atoms in total. The van der Waals surface area contributed by atoms with Crippen LogP contribution in [0.4, 0.5) is 16.2 Å². The van der Waals surface area contributed by atoms with E-state index in [2.05, 4.69) is 29.9 Å². The molecule has 3 fully saturated rings. The molecule has 0 aliphatic carbocycles. The van der Waals surface area contributed by atoms with Gasteiger partial charge in [0.2, 0.25) is 5.95 Å². The van der Waals surface area contributed by atoms with E-state index in [1.807, 2.05) is 0 Å². The number of nitrogens with one attached hydrogen (secondary N) is 1. The number of alkyl halides is 1. The summed E-state index contributed by atoms with van der Waals surface area (Å²) in [6.07, 6.45) is -6.36. The van der Waals surface area contributed by atoms with Crippen molar-refractivity contribution in [3.63, 3.8) is 0 Å². The van der Waals surface area contributed by atoms with Gasteiger partial charge in [-0.3, -0.25) is 32.6 Å². The molecule has 44 heavy (non-hydrogen) atoms. The molecule has 7 heterocycles. The number of rotatable bonds is 3. The molecule has 4 aromatic heterocycles. The van der Waals surface area contributed by atoms with Crippen LogP contribution in [0.25, 0.3) is 22.3 Å².